The van der Waals surface area contributed by atoms with Gasteiger partial charge in [-0.25, -0.2) is 4.79 Å². The van der Waals surface area contributed by atoms with E-state index in [2.05, 4.69) is 0 Å². The number of aryl methyl sites for hydroxylation is 1. The molecule has 0 saturated carbocycles. The van der Waals surface area contributed by atoms with E-state index in [1.807, 2.05) is 49.4 Å². The molecular formula is C19H22O4. The predicted molar refractivity (Wildman–Crippen MR) is 88.7 cm³/mol. The van der Waals surface area contributed by atoms with Gasteiger partial charge in [-0.1, -0.05) is 36.4 Å². The standard InChI is InChI=1S/C19H22O4/c1-15-9-10-17(13-18(15)19(20)21-2)23-12-6-11-22-14-16-7-4-3-5-8-16/h3-5,7-10,13H,6,11-12,14H2,1-2H3. The summed E-state index contributed by atoms with van der Waals surface area (Å²) >= 11 is 0. The van der Waals surface area contributed by atoms with Crippen LogP contribution in [-0.2, 0) is 16.1 Å². The molecule has 0 heterocycles. The van der Waals surface area contributed by atoms with E-state index in [0.29, 0.717) is 31.1 Å². The molecule has 122 valence electrons. The SMILES string of the molecule is COC(=O)c1cc(OCCCOCc2ccccc2)ccc1C. The zero-order valence-electron chi connectivity index (χ0n) is 13.6. The summed E-state index contributed by atoms with van der Waals surface area (Å²) in [6.07, 6.45) is 0.786. The molecule has 0 aliphatic heterocycles. The van der Waals surface area contributed by atoms with Crippen molar-refractivity contribution >= 4 is 5.97 Å². The molecule has 0 spiro atoms. The van der Waals surface area contributed by atoms with Crippen LogP contribution in [-0.4, -0.2) is 26.3 Å². The fourth-order valence-electron chi connectivity index (χ4n) is 2.14. The van der Waals surface area contributed by atoms with Crippen molar-refractivity contribution in [3.8, 4) is 5.75 Å². The summed E-state index contributed by atoms with van der Waals surface area (Å²) in [6.45, 7) is 3.65. The number of esters is 1. The molecule has 0 fully saturated rings. The van der Waals surface area contributed by atoms with Crippen LogP contribution in [0, 0.1) is 6.92 Å². The van der Waals surface area contributed by atoms with E-state index in [9.17, 15) is 4.79 Å². The molecule has 0 aliphatic rings. The molecule has 4 heteroatoms. The second-order valence-electron chi connectivity index (χ2n) is 5.21. The lowest BCUT2D eigenvalue weighted by Gasteiger charge is -2.10. The maximum Gasteiger partial charge on any atom is 0.338 e. The highest BCUT2D eigenvalue weighted by molar-refractivity contribution is 5.91. The Morgan fingerprint density at radius 2 is 1.83 bits per heavy atom. The minimum Gasteiger partial charge on any atom is -0.493 e. The van der Waals surface area contributed by atoms with Gasteiger partial charge in [0.25, 0.3) is 0 Å². The molecular weight excluding hydrogens is 292 g/mol. The molecule has 0 radical (unpaired) electrons. The van der Waals surface area contributed by atoms with Crippen molar-refractivity contribution in [1.29, 1.82) is 0 Å². The minimum absolute atomic E-state index is 0.348. The summed E-state index contributed by atoms with van der Waals surface area (Å²) in [4.78, 5) is 11.6. The number of hydrogen-bond acceptors (Lipinski definition) is 4. The van der Waals surface area contributed by atoms with E-state index in [4.69, 9.17) is 14.2 Å². The lowest BCUT2D eigenvalue weighted by molar-refractivity contribution is 0.0599. The Hall–Kier alpha value is -2.33. The number of carbonyl (C=O) groups excluding carboxylic acids is 1. The van der Waals surface area contributed by atoms with Crippen molar-refractivity contribution < 1.29 is 19.0 Å². The van der Waals surface area contributed by atoms with E-state index in [1.165, 1.54) is 7.11 Å². The van der Waals surface area contributed by atoms with Crippen LogP contribution in [0.4, 0.5) is 0 Å². The monoisotopic (exact) mass is 314 g/mol. The summed E-state index contributed by atoms with van der Waals surface area (Å²) in [5.41, 5.74) is 2.57. The quantitative estimate of drug-likeness (QED) is 0.549. The third-order valence-corrected chi connectivity index (χ3v) is 3.43. The van der Waals surface area contributed by atoms with Crippen molar-refractivity contribution in [3.63, 3.8) is 0 Å². The van der Waals surface area contributed by atoms with Gasteiger partial charge >= 0.3 is 5.97 Å². The maximum atomic E-state index is 11.6. The van der Waals surface area contributed by atoms with E-state index >= 15 is 0 Å². The highest BCUT2D eigenvalue weighted by atomic mass is 16.5. The molecule has 0 N–H and O–H groups in total. The maximum absolute atomic E-state index is 11.6. The predicted octanol–water partition coefficient (Wildman–Crippen LogP) is 3.77. The van der Waals surface area contributed by atoms with E-state index in [1.54, 1.807) is 6.07 Å². The number of carbonyl (C=O) groups is 1. The molecule has 0 amide bonds. The lowest BCUT2D eigenvalue weighted by Crippen LogP contribution is -2.06. The van der Waals surface area contributed by atoms with Crippen LogP contribution in [0.2, 0.25) is 0 Å². The smallest absolute Gasteiger partial charge is 0.338 e. The zero-order valence-corrected chi connectivity index (χ0v) is 13.6. The summed E-state index contributed by atoms with van der Waals surface area (Å²) in [5, 5.41) is 0. The third kappa shape index (κ3) is 5.42. The van der Waals surface area contributed by atoms with Crippen molar-refractivity contribution in [2.75, 3.05) is 20.3 Å². The van der Waals surface area contributed by atoms with Crippen LogP contribution in [0.15, 0.2) is 48.5 Å². The van der Waals surface area contributed by atoms with Gasteiger partial charge in [0, 0.05) is 6.42 Å². The molecule has 2 aromatic rings. The van der Waals surface area contributed by atoms with Gasteiger partial charge in [-0.15, -0.1) is 0 Å². The fraction of sp³-hybridized carbons (Fsp3) is 0.316. The van der Waals surface area contributed by atoms with Gasteiger partial charge in [0.1, 0.15) is 5.75 Å². The zero-order chi connectivity index (χ0) is 16.5. The Morgan fingerprint density at radius 3 is 2.57 bits per heavy atom. The molecule has 0 bridgehead atoms. The number of hydrogen-bond donors (Lipinski definition) is 0. The first-order valence-corrected chi connectivity index (χ1v) is 7.64. The average Bonchev–Trinajstić information content (AvgIpc) is 2.59. The number of ether oxygens (including phenoxy) is 3. The topological polar surface area (TPSA) is 44.8 Å². The second kappa shape index (κ2) is 8.96. The molecule has 4 nitrogen and oxygen atoms in total. The van der Waals surface area contributed by atoms with Gasteiger partial charge in [-0.3, -0.25) is 0 Å². The molecule has 23 heavy (non-hydrogen) atoms. The average molecular weight is 314 g/mol. The number of rotatable bonds is 8. The Morgan fingerprint density at radius 1 is 1.04 bits per heavy atom. The van der Waals surface area contributed by atoms with Crippen molar-refractivity contribution in [3.05, 3.63) is 65.2 Å². The third-order valence-electron chi connectivity index (χ3n) is 3.43. The van der Waals surface area contributed by atoms with Crippen molar-refractivity contribution in [2.45, 2.75) is 20.0 Å². The Bertz CT molecular complexity index is 623. The Labute approximate surface area is 137 Å². The minimum atomic E-state index is -0.348. The largest absolute Gasteiger partial charge is 0.493 e. The van der Waals surface area contributed by atoms with Gasteiger partial charge < -0.3 is 14.2 Å². The first-order valence-electron chi connectivity index (χ1n) is 7.64. The van der Waals surface area contributed by atoms with Gasteiger partial charge in [0.2, 0.25) is 0 Å². The Kier molecular flexibility index (Phi) is 6.63. The van der Waals surface area contributed by atoms with Crippen LogP contribution < -0.4 is 4.74 Å². The molecule has 2 aromatic carbocycles. The van der Waals surface area contributed by atoms with E-state index in [0.717, 1.165) is 17.5 Å². The molecule has 0 saturated heterocycles. The first kappa shape index (κ1) is 17.0. The van der Waals surface area contributed by atoms with Crippen LogP contribution in [0.5, 0.6) is 5.75 Å². The highest BCUT2D eigenvalue weighted by Crippen LogP contribution is 2.18. The van der Waals surface area contributed by atoms with Gasteiger partial charge in [-0.05, 0) is 30.2 Å². The summed E-state index contributed by atoms with van der Waals surface area (Å²) < 4.78 is 16.0. The summed E-state index contributed by atoms with van der Waals surface area (Å²) in [5.74, 6) is 0.318. The highest BCUT2D eigenvalue weighted by Gasteiger charge is 2.10. The fourth-order valence-corrected chi connectivity index (χ4v) is 2.14. The second-order valence-corrected chi connectivity index (χ2v) is 5.21. The van der Waals surface area contributed by atoms with Gasteiger partial charge in [0.05, 0.1) is 32.5 Å². The van der Waals surface area contributed by atoms with Crippen LogP contribution in [0.25, 0.3) is 0 Å². The number of methoxy groups -OCH3 is 1. The molecule has 0 aliphatic carbocycles. The van der Waals surface area contributed by atoms with Crippen LogP contribution >= 0.6 is 0 Å². The Balaban J connectivity index is 1.71. The van der Waals surface area contributed by atoms with Crippen LogP contribution in [0.3, 0.4) is 0 Å². The summed E-state index contributed by atoms with van der Waals surface area (Å²) in [6, 6.07) is 15.5. The lowest BCUT2D eigenvalue weighted by atomic mass is 10.1. The van der Waals surface area contributed by atoms with Crippen molar-refractivity contribution in [1.82, 2.24) is 0 Å². The van der Waals surface area contributed by atoms with Crippen LogP contribution in [0.1, 0.15) is 27.9 Å². The normalized spacial score (nSPS) is 10.3. The van der Waals surface area contributed by atoms with Gasteiger partial charge in [0.15, 0.2) is 0 Å². The molecule has 0 unspecified atom stereocenters. The van der Waals surface area contributed by atoms with Crippen molar-refractivity contribution in [2.24, 2.45) is 0 Å². The molecule has 2 rings (SSSR count). The molecule has 0 atom stereocenters. The molecule has 0 aromatic heterocycles. The first-order chi connectivity index (χ1) is 11.2. The van der Waals surface area contributed by atoms with E-state index < -0.39 is 0 Å². The summed E-state index contributed by atoms with van der Waals surface area (Å²) in [7, 11) is 1.37. The van der Waals surface area contributed by atoms with E-state index in [-0.39, 0.29) is 5.97 Å². The number of benzene rings is 2. The van der Waals surface area contributed by atoms with Gasteiger partial charge in [-0.2, -0.15) is 0 Å².